The molecule has 3 aromatic rings. The van der Waals surface area contributed by atoms with E-state index in [-0.39, 0.29) is 23.7 Å². The Morgan fingerprint density at radius 1 is 1.29 bits per heavy atom. The first-order chi connectivity index (χ1) is 13.4. The van der Waals surface area contributed by atoms with Crippen LogP contribution in [0.5, 0.6) is 0 Å². The highest BCUT2D eigenvalue weighted by molar-refractivity contribution is 8.00. The van der Waals surface area contributed by atoms with Crippen molar-refractivity contribution in [1.82, 2.24) is 20.2 Å². The van der Waals surface area contributed by atoms with Gasteiger partial charge in [0.15, 0.2) is 0 Å². The Morgan fingerprint density at radius 2 is 2.04 bits per heavy atom. The third-order valence-electron chi connectivity index (χ3n) is 4.71. The van der Waals surface area contributed by atoms with Gasteiger partial charge in [-0.15, -0.1) is 11.8 Å². The summed E-state index contributed by atoms with van der Waals surface area (Å²) in [5, 5.41) is 7.25. The highest BCUT2D eigenvalue weighted by Crippen LogP contribution is 2.37. The maximum Gasteiger partial charge on any atom is 0.260 e. The molecule has 4 rings (SSSR count). The summed E-state index contributed by atoms with van der Waals surface area (Å²) in [6.07, 6.45) is 0. The van der Waals surface area contributed by atoms with Gasteiger partial charge in [0.05, 0.1) is 17.0 Å². The molecule has 1 aliphatic rings. The zero-order valence-electron chi connectivity index (χ0n) is 15.5. The second-order valence-electron chi connectivity index (χ2n) is 6.73. The van der Waals surface area contributed by atoms with E-state index >= 15 is 0 Å². The average Bonchev–Trinajstić information content (AvgIpc) is 3.17. The SMILES string of the molecule is Cc1cc2c(C)nn(CC(=O)NN3C(=O)CSC3c3ccccc3)c2cc1Cl. The molecule has 0 spiro atoms. The number of halogens is 1. The lowest BCUT2D eigenvalue weighted by atomic mass is 10.1. The smallest absolute Gasteiger partial charge is 0.260 e. The third-order valence-corrected chi connectivity index (χ3v) is 6.33. The number of nitrogens with zero attached hydrogens (tertiary/aromatic N) is 3. The van der Waals surface area contributed by atoms with Crippen LogP contribution in [0.15, 0.2) is 42.5 Å². The first-order valence-corrected chi connectivity index (χ1v) is 10.3. The van der Waals surface area contributed by atoms with E-state index in [9.17, 15) is 9.59 Å². The summed E-state index contributed by atoms with van der Waals surface area (Å²) >= 11 is 7.74. The van der Waals surface area contributed by atoms with Gasteiger partial charge < -0.3 is 0 Å². The molecule has 2 aromatic carbocycles. The molecule has 1 unspecified atom stereocenters. The number of amides is 2. The van der Waals surface area contributed by atoms with E-state index in [4.69, 9.17) is 11.6 Å². The lowest BCUT2D eigenvalue weighted by Crippen LogP contribution is -2.45. The lowest BCUT2D eigenvalue weighted by Gasteiger charge is -2.24. The fraction of sp³-hybridized carbons (Fsp3) is 0.250. The van der Waals surface area contributed by atoms with E-state index in [2.05, 4.69) is 10.5 Å². The van der Waals surface area contributed by atoms with Crippen LogP contribution in [0.3, 0.4) is 0 Å². The largest absolute Gasteiger partial charge is 0.272 e. The molecule has 0 bridgehead atoms. The Kier molecular flexibility index (Phi) is 5.03. The van der Waals surface area contributed by atoms with Crippen LogP contribution in [-0.2, 0) is 16.1 Å². The standard InChI is InChI=1S/C20H19ClN4O2S/c1-12-8-15-13(2)22-24(17(15)9-16(12)21)10-18(26)23-25-19(27)11-28-20(25)14-6-4-3-5-7-14/h3-9,20H,10-11H2,1-2H3,(H,23,26). The van der Waals surface area contributed by atoms with Gasteiger partial charge in [0.2, 0.25) is 0 Å². The first-order valence-electron chi connectivity index (χ1n) is 8.85. The number of hydrogen-bond donors (Lipinski definition) is 1. The zero-order chi connectivity index (χ0) is 19.8. The van der Waals surface area contributed by atoms with Gasteiger partial charge in [-0.3, -0.25) is 19.7 Å². The van der Waals surface area contributed by atoms with Crippen LogP contribution in [0.25, 0.3) is 10.9 Å². The van der Waals surface area contributed by atoms with Gasteiger partial charge in [-0.25, -0.2) is 5.01 Å². The number of aromatic nitrogens is 2. The van der Waals surface area contributed by atoms with Gasteiger partial charge in [-0.1, -0.05) is 41.9 Å². The van der Waals surface area contributed by atoms with Crippen LogP contribution in [0, 0.1) is 13.8 Å². The molecule has 0 radical (unpaired) electrons. The fourth-order valence-electron chi connectivity index (χ4n) is 3.30. The number of hydrogen-bond acceptors (Lipinski definition) is 4. The maximum atomic E-state index is 12.7. The summed E-state index contributed by atoms with van der Waals surface area (Å²) in [5.41, 5.74) is 6.32. The Morgan fingerprint density at radius 3 is 2.79 bits per heavy atom. The molecule has 8 heteroatoms. The Hall–Kier alpha value is -2.51. The summed E-state index contributed by atoms with van der Waals surface area (Å²) in [4.78, 5) is 25.0. The Balaban J connectivity index is 1.55. The molecule has 0 aliphatic carbocycles. The van der Waals surface area contributed by atoms with E-state index in [1.165, 1.54) is 16.8 Å². The van der Waals surface area contributed by atoms with Gasteiger partial charge in [0.25, 0.3) is 11.8 Å². The van der Waals surface area contributed by atoms with E-state index in [1.807, 2.05) is 56.3 Å². The normalized spacial score (nSPS) is 16.8. The summed E-state index contributed by atoms with van der Waals surface area (Å²) in [6.45, 7) is 3.83. The number of thioether (sulfide) groups is 1. The molecule has 144 valence electrons. The predicted octanol–water partition coefficient (Wildman–Crippen LogP) is 3.61. The average molecular weight is 415 g/mol. The predicted molar refractivity (Wildman–Crippen MR) is 111 cm³/mol. The third kappa shape index (κ3) is 3.47. The summed E-state index contributed by atoms with van der Waals surface area (Å²) in [6, 6.07) is 13.5. The number of carbonyl (C=O) groups is 2. The van der Waals surface area contributed by atoms with Gasteiger partial charge >= 0.3 is 0 Å². The molecule has 1 aromatic heterocycles. The number of aryl methyl sites for hydroxylation is 2. The van der Waals surface area contributed by atoms with Crippen molar-refractivity contribution in [3.05, 3.63) is 64.3 Å². The van der Waals surface area contributed by atoms with Crippen molar-refractivity contribution >= 4 is 46.1 Å². The minimum atomic E-state index is -0.308. The van der Waals surface area contributed by atoms with Gasteiger partial charge in [0.1, 0.15) is 11.9 Å². The fourth-order valence-corrected chi connectivity index (χ4v) is 4.56. The number of benzene rings is 2. The minimum absolute atomic E-state index is 0.000311. The van der Waals surface area contributed by atoms with Crippen molar-refractivity contribution in [2.75, 3.05) is 5.75 Å². The van der Waals surface area contributed by atoms with Gasteiger partial charge in [0, 0.05) is 10.4 Å². The van der Waals surface area contributed by atoms with Crippen LogP contribution < -0.4 is 5.43 Å². The molecule has 0 saturated carbocycles. The van der Waals surface area contributed by atoms with Crippen LogP contribution in [-0.4, -0.2) is 32.4 Å². The second-order valence-corrected chi connectivity index (χ2v) is 8.21. The lowest BCUT2D eigenvalue weighted by molar-refractivity contribution is -0.139. The number of fused-ring (bicyclic) bond motifs is 1. The minimum Gasteiger partial charge on any atom is -0.272 e. The zero-order valence-corrected chi connectivity index (χ0v) is 17.0. The maximum absolute atomic E-state index is 12.7. The topological polar surface area (TPSA) is 67.2 Å². The Bertz CT molecular complexity index is 1070. The van der Waals surface area contributed by atoms with E-state index in [0.717, 1.165) is 27.7 Å². The van der Waals surface area contributed by atoms with Crippen LogP contribution >= 0.6 is 23.4 Å². The van der Waals surface area contributed by atoms with E-state index in [0.29, 0.717) is 10.8 Å². The van der Waals surface area contributed by atoms with Gasteiger partial charge in [-0.05, 0) is 37.1 Å². The number of rotatable bonds is 4. The Labute approximate surface area is 171 Å². The molecule has 1 aliphatic heterocycles. The quantitative estimate of drug-likeness (QED) is 0.708. The van der Waals surface area contributed by atoms with E-state index in [1.54, 1.807) is 4.68 Å². The monoisotopic (exact) mass is 414 g/mol. The number of nitrogens with one attached hydrogen (secondary N) is 1. The second kappa shape index (κ2) is 7.48. The molecular weight excluding hydrogens is 396 g/mol. The summed E-state index contributed by atoms with van der Waals surface area (Å²) in [7, 11) is 0. The molecule has 1 atom stereocenters. The van der Waals surface area contributed by atoms with Crippen LogP contribution in [0.2, 0.25) is 5.02 Å². The molecule has 28 heavy (non-hydrogen) atoms. The number of hydrazine groups is 1. The van der Waals surface area contributed by atoms with Crippen molar-refractivity contribution in [3.63, 3.8) is 0 Å². The first kappa shape index (κ1) is 18.8. The molecule has 2 heterocycles. The van der Waals surface area contributed by atoms with Crippen molar-refractivity contribution < 1.29 is 9.59 Å². The highest BCUT2D eigenvalue weighted by Gasteiger charge is 2.34. The highest BCUT2D eigenvalue weighted by atomic mass is 35.5. The van der Waals surface area contributed by atoms with Crippen molar-refractivity contribution in [3.8, 4) is 0 Å². The summed E-state index contributed by atoms with van der Waals surface area (Å²) < 4.78 is 1.62. The molecule has 1 fully saturated rings. The molecule has 1 N–H and O–H groups in total. The number of carbonyl (C=O) groups excluding carboxylic acids is 2. The van der Waals surface area contributed by atoms with Crippen LogP contribution in [0.1, 0.15) is 22.2 Å². The molecule has 2 amide bonds. The van der Waals surface area contributed by atoms with E-state index < -0.39 is 0 Å². The van der Waals surface area contributed by atoms with Crippen molar-refractivity contribution in [1.29, 1.82) is 0 Å². The molecule has 1 saturated heterocycles. The summed E-state index contributed by atoms with van der Waals surface area (Å²) in [5.74, 6) is -0.0938. The van der Waals surface area contributed by atoms with Crippen molar-refractivity contribution in [2.45, 2.75) is 25.8 Å². The van der Waals surface area contributed by atoms with Gasteiger partial charge in [-0.2, -0.15) is 5.10 Å². The van der Waals surface area contributed by atoms with Crippen molar-refractivity contribution in [2.24, 2.45) is 0 Å². The van der Waals surface area contributed by atoms with Crippen LogP contribution in [0.4, 0.5) is 0 Å². The molecular formula is C20H19ClN4O2S. The molecule has 6 nitrogen and oxygen atoms in total.